The largest absolute Gasteiger partial charge is 0.495 e. The lowest BCUT2D eigenvalue weighted by Gasteiger charge is -2.17. The molecule has 0 amide bonds. The van der Waals surface area contributed by atoms with E-state index in [4.69, 9.17) is 4.74 Å². The third kappa shape index (κ3) is 3.61. The number of methoxy groups -OCH3 is 1. The standard InChI is InChI=1S/C24H26O/c1-15-7-16(2)10-20(9-15)22-13-19(5)14-23(24(22)25-6)21-11-17(3)8-18(4)12-21/h7-14H,1-6H3. The molecule has 0 spiro atoms. The Morgan fingerprint density at radius 1 is 0.480 bits per heavy atom. The van der Waals surface area contributed by atoms with E-state index in [-0.39, 0.29) is 0 Å². The first-order valence-corrected chi connectivity index (χ1v) is 8.73. The fraction of sp³-hybridized carbons (Fsp3) is 0.250. The quantitative estimate of drug-likeness (QED) is 0.527. The Morgan fingerprint density at radius 3 is 1.12 bits per heavy atom. The summed E-state index contributed by atoms with van der Waals surface area (Å²) >= 11 is 0. The lowest BCUT2D eigenvalue weighted by Crippen LogP contribution is -1.95. The maximum atomic E-state index is 5.90. The second-order valence-electron chi connectivity index (χ2n) is 7.15. The second-order valence-corrected chi connectivity index (χ2v) is 7.15. The fourth-order valence-corrected chi connectivity index (χ4v) is 3.68. The zero-order valence-electron chi connectivity index (χ0n) is 16.0. The molecule has 128 valence electrons. The zero-order chi connectivity index (χ0) is 18.1. The van der Waals surface area contributed by atoms with Crippen molar-refractivity contribution in [1.29, 1.82) is 0 Å². The van der Waals surface area contributed by atoms with E-state index in [1.54, 1.807) is 7.11 Å². The summed E-state index contributed by atoms with van der Waals surface area (Å²) in [5.74, 6) is 0.945. The van der Waals surface area contributed by atoms with Crippen molar-refractivity contribution in [3.8, 4) is 28.0 Å². The molecule has 1 nitrogen and oxygen atoms in total. The van der Waals surface area contributed by atoms with Crippen LogP contribution in [0.1, 0.15) is 27.8 Å². The van der Waals surface area contributed by atoms with Crippen LogP contribution in [0, 0.1) is 34.6 Å². The molecule has 0 bridgehead atoms. The van der Waals surface area contributed by atoms with Crippen LogP contribution in [0.2, 0.25) is 0 Å². The predicted molar refractivity (Wildman–Crippen MR) is 108 cm³/mol. The molecule has 25 heavy (non-hydrogen) atoms. The Morgan fingerprint density at radius 2 is 0.800 bits per heavy atom. The van der Waals surface area contributed by atoms with Crippen molar-refractivity contribution in [2.75, 3.05) is 7.11 Å². The van der Waals surface area contributed by atoms with Crippen LogP contribution in [0.5, 0.6) is 5.75 Å². The van der Waals surface area contributed by atoms with E-state index >= 15 is 0 Å². The van der Waals surface area contributed by atoms with Gasteiger partial charge in [-0.15, -0.1) is 0 Å². The molecule has 0 radical (unpaired) electrons. The summed E-state index contributed by atoms with van der Waals surface area (Å²) in [5.41, 5.74) is 11.1. The molecule has 3 aromatic carbocycles. The molecule has 1 heteroatoms. The van der Waals surface area contributed by atoms with Gasteiger partial charge in [-0.1, -0.05) is 58.7 Å². The highest BCUT2D eigenvalue weighted by molar-refractivity contribution is 5.84. The second kappa shape index (κ2) is 6.76. The molecule has 0 N–H and O–H groups in total. The normalized spacial score (nSPS) is 10.8. The van der Waals surface area contributed by atoms with Crippen LogP contribution in [-0.2, 0) is 0 Å². The van der Waals surface area contributed by atoms with Crippen LogP contribution >= 0.6 is 0 Å². The first kappa shape index (κ1) is 17.3. The zero-order valence-corrected chi connectivity index (χ0v) is 16.0. The van der Waals surface area contributed by atoms with Gasteiger partial charge < -0.3 is 4.74 Å². The number of benzene rings is 3. The Kier molecular flexibility index (Phi) is 4.67. The summed E-state index contributed by atoms with van der Waals surface area (Å²) < 4.78 is 5.90. The van der Waals surface area contributed by atoms with Gasteiger partial charge in [0.05, 0.1) is 7.11 Å². The summed E-state index contributed by atoms with van der Waals surface area (Å²) in [6.45, 7) is 10.7. The Labute approximate surface area is 151 Å². The molecule has 0 atom stereocenters. The average molecular weight is 330 g/mol. The van der Waals surface area contributed by atoms with Crippen LogP contribution in [0.4, 0.5) is 0 Å². The molecule has 0 aliphatic rings. The van der Waals surface area contributed by atoms with E-state index < -0.39 is 0 Å². The highest BCUT2D eigenvalue weighted by Gasteiger charge is 2.15. The van der Waals surface area contributed by atoms with Gasteiger partial charge in [0, 0.05) is 11.1 Å². The maximum absolute atomic E-state index is 5.90. The SMILES string of the molecule is COc1c(-c2cc(C)cc(C)c2)cc(C)cc1-c1cc(C)cc(C)c1. The van der Waals surface area contributed by atoms with Gasteiger partial charge in [-0.3, -0.25) is 0 Å². The number of rotatable bonds is 3. The van der Waals surface area contributed by atoms with Gasteiger partial charge in [-0.2, -0.15) is 0 Å². The van der Waals surface area contributed by atoms with Crippen LogP contribution in [0.15, 0.2) is 48.5 Å². The van der Waals surface area contributed by atoms with E-state index in [0.717, 1.165) is 16.9 Å². The van der Waals surface area contributed by atoms with Crippen LogP contribution in [-0.4, -0.2) is 7.11 Å². The molecule has 0 aliphatic heterocycles. The predicted octanol–water partition coefficient (Wildman–Crippen LogP) is 6.57. The summed E-state index contributed by atoms with van der Waals surface area (Å²) in [6, 6.07) is 17.8. The van der Waals surface area contributed by atoms with E-state index in [9.17, 15) is 0 Å². The Hall–Kier alpha value is -2.54. The van der Waals surface area contributed by atoms with Crippen LogP contribution in [0.25, 0.3) is 22.3 Å². The number of aryl methyl sites for hydroxylation is 5. The van der Waals surface area contributed by atoms with Gasteiger partial charge >= 0.3 is 0 Å². The van der Waals surface area contributed by atoms with Gasteiger partial charge in [0.15, 0.2) is 0 Å². The van der Waals surface area contributed by atoms with Crippen molar-refractivity contribution < 1.29 is 4.74 Å². The maximum Gasteiger partial charge on any atom is 0.134 e. The molecule has 0 unspecified atom stereocenters. The lowest BCUT2D eigenvalue weighted by molar-refractivity contribution is 0.418. The third-order valence-corrected chi connectivity index (χ3v) is 4.50. The molecule has 0 aliphatic carbocycles. The van der Waals surface area contributed by atoms with E-state index in [0.29, 0.717) is 0 Å². The summed E-state index contributed by atoms with van der Waals surface area (Å²) in [7, 11) is 1.77. The van der Waals surface area contributed by atoms with Gasteiger partial charge in [0.25, 0.3) is 0 Å². The minimum absolute atomic E-state index is 0.945. The molecular formula is C24H26O. The molecule has 0 fully saturated rings. The number of hydrogen-bond donors (Lipinski definition) is 0. The van der Waals surface area contributed by atoms with E-state index in [1.807, 2.05) is 0 Å². The van der Waals surface area contributed by atoms with Gasteiger partial charge in [0.1, 0.15) is 5.75 Å². The first-order valence-electron chi connectivity index (χ1n) is 8.73. The molecule has 0 aromatic heterocycles. The van der Waals surface area contributed by atoms with Crippen molar-refractivity contribution in [3.05, 3.63) is 76.3 Å². The summed E-state index contributed by atoms with van der Waals surface area (Å²) in [4.78, 5) is 0. The van der Waals surface area contributed by atoms with Crippen LogP contribution < -0.4 is 4.74 Å². The van der Waals surface area contributed by atoms with Crippen LogP contribution in [0.3, 0.4) is 0 Å². The molecule has 0 saturated carbocycles. The topological polar surface area (TPSA) is 9.23 Å². The molecule has 3 aromatic rings. The molecule has 0 heterocycles. The highest BCUT2D eigenvalue weighted by Crippen LogP contribution is 2.41. The van der Waals surface area contributed by atoms with Gasteiger partial charge in [-0.05, 0) is 63.4 Å². The van der Waals surface area contributed by atoms with Gasteiger partial charge in [0.2, 0.25) is 0 Å². The Balaban J connectivity index is 2.29. The number of hydrogen-bond acceptors (Lipinski definition) is 1. The average Bonchev–Trinajstić information content (AvgIpc) is 2.52. The van der Waals surface area contributed by atoms with Gasteiger partial charge in [-0.25, -0.2) is 0 Å². The van der Waals surface area contributed by atoms with E-state index in [1.165, 1.54) is 38.9 Å². The molecule has 0 saturated heterocycles. The van der Waals surface area contributed by atoms with Crippen molar-refractivity contribution in [1.82, 2.24) is 0 Å². The van der Waals surface area contributed by atoms with Crippen molar-refractivity contribution >= 4 is 0 Å². The van der Waals surface area contributed by atoms with Crippen molar-refractivity contribution in [2.45, 2.75) is 34.6 Å². The van der Waals surface area contributed by atoms with Crippen molar-refractivity contribution in [2.24, 2.45) is 0 Å². The molecule has 3 rings (SSSR count). The smallest absolute Gasteiger partial charge is 0.134 e. The lowest BCUT2D eigenvalue weighted by atomic mass is 9.92. The third-order valence-electron chi connectivity index (χ3n) is 4.50. The molecular weight excluding hydrogens is 304 g/mol. The van der Waals surface area contributed by atoms with E-state index in [2.05, 4.69) is 83.1 Å². The Bertz CT molecular complexity index is 822. The summed E-state index contributed by atoms with van der Waals surface area (Å²) in [6.07, 6.45) is 0. The number of ether oxygens (including phenoxy) is 1. The van der Waals surface area contributed by atoms with Crippen molar-refractivity contribution in [3.63, 3.8) is 0 Å². The minimum Gasteiger partial charge on any atom is -0.495 e. The fourth-order valence-electron chi connectivity index (χ4n) is 3.68. The first-order chi connectivity index (χ1) is 11.9. The highest BCUT2D eigenvalue weighted by atomic mass is 16.5. The minimum atomic E-state index is 0.945. The summed E-state index contributed by atoms with van der Waals surface area (Å²) in [5, 5.41) is 0. The monoisotopic (exact) mass is 330 g/mol.